The fourth-order valence-corrected chi connectivity index (χ4v) is 3.88. The van der Waals surface area contributed by atoms with Crippen molar-refractivity contribution < 1.29 is 23.9 Å². The number of hydrogen-bond acceptors (Lipinski definition) is 7. The second-order valence-electron chi connectivity index (χ2n) is 9.59. The largest absolute Gasteiger partial charge is 0.466 e. The normalized spacial score (nSPS) is 17.0. The molecule has 2 atom stereocenters. The first-order chi connectivity index (χ1) is 15.8. The second kappa shape index (κ2) is 10.6. The van der Waals surface area contributed by atoms with Crippen molar-refractivity contribution in [2.45, 2.75) is 66.0 Å². The minimum Gasteiger partial charge on any atom is -0.466 e. The molecule has 0 saturated heterocycles. The third kappa shape index (κ3) is 6.04. The van der Waals surface area contributed by atoms with Gasteiger partial charge in [0, 0.05) is 17.0 Å². The Labute approximate surface area is 201 Å². The summed E-state index contributed by atoms with van der Waals surface area (Å²) in [5.41, 5.74) is 1.85. The molecule has 1 unspecified atom stereocenters. The minimum absolute atomic E-state index is 0.242. The maximum Gasteiger partial charge on any atom is 0.336 e. The molecule has 182 valence electrons. The number of nitriles is 1. The number of esters is 2. The Morgan fingerprint density at radius 1 is 1.12 bits per heavy atom. The van der Waals surface area contributed by atoms with Crippen molar-refractivity contribution in [3.63, 3.8) is 0 Å². The minimum atomic E-state index is -0.897. The zero-order valence-electron chi connectivity index (χ0n) is 21.0. The van der Waals surface area contributed by atoms with E-state index in [4.69, 9.17) is 9.47 Å². The Balaban J connectivity index is 2.58. The molecule has 0 spiro atoms. The highest BCUT2D eigenvalue weighted by Crippen LogP contribution is 2.39. The van der Waals surface area contributed by atoms with Crippen LogP contribution in [0.1, 0.15) is 65.5 Å². The Bertz CT molecular complexity index is 1090. The van der Waals surface area contributed by atoms with Crippen LogP contribution in [0.3, 0.4) is 0 Å². The highest BCUT2D eigenvalue weighted by Gasteiger charge is 2.39. The molecule has 2 rings (SSSR count). The number of allylic oxidation sites excluding steroid dienone is 2. The summed E-state index contributed by atoms with van der Waals surface area (Å²) < 4.78 is 10.5. The molecule has 1 aliphatic rings. The van der Waals surface area contributed by atoms with Gasteiger partial charge in [-0.1, -0.05) is 26.0 Å². The van der Waals surface area contributed by atoms with E-state index in [-0.39, 0.29) is 17.1 Å². The van der Waals surface area contributed by atoms with Crippen LogP contribution < -0.4 is 10.6 Å². The maximum atomic E-state index is 13.6. The number of carbonyl (C=O) groups excluding carboxylic acids is 3. The molecule has 34 heavy (non-hydrogen) atoms. The summed E-state index contributed by atoms with van der Waals surface area (Å²) in [5.74, 6) is -2.69. The van der Waals surface area contributed by atoms with E-state index in [1.54, 1.807) is 58.9 Å². The highest BCUT2D eigenvalue weighted by molar-refractivity contribution is 6.03. The molecular weight excluding hydrogens is 434 g/mol. The molecule has 8 nitrogen and oxygen atoms in total. The molecule has 0 aliphatic carbocycles. The van der Waals surface area contributed by atoms with E-state index in [0.717, 1.165) is 0 Å². The number of carbonyl (C=O) groups is 3. The molecule has 1 amide bonds. The Morgan fingerprint density at radius 3 is 2.26 bits per heavy atom. The molecule has 0 aromatic heterocycles. The van der Waals surface area contributed by atoms with Crippen molar-refractivity contribution in [1.82, 2.24) is 10.6 Å². The summed E-state index contributed by atoms with van der Waals surface area (Å²) in [6.45, 7) is 12.4. The predicted octanol–water partition coefficient (Wildman–Crippen LogP) is 3.45. The number of nitrogens with zero attached hydrogens (tertiary/aromatic N) is 1. The lowest BCUT2D eigenvalue weighted by Gasteiger charge is -2.32. The number of ether oxygens (including phenoxy) is 2. The second-order valence-corrected chi connectivity index (χ2v) is 9.59. The molecular formula is C26H33N3O5. The van der Waals surface area contributed by atoms with Crippen molar-refractivity contribution in [2.24, 2.45) is 5.92 Å². The monoisotopic (exact) mass is 467 g/mol. The van der Waals surface area contributed by atoms with Crippen LogP contribution in [0.4, 0.5) is 0 Å². The predicted molar refractivity (Wildman–Crippen MR) is 127 cm³/mol. The van der Waals surface area contributed by atoms with Gasteiger partial charge in [-0.25, -0.2) is 9.59 Å². The molecule has 0 radical (unpaired) electrons. The lowest BCUT2D eigenvalue weighted by Crippen LogP contribution is -2.49. The van der Waals surface area contributed by atoms with Gasteiger partial charge in [-0.3, -0.25) is 4.79 Å². The molecule has 1 aliphatic heterocycles. The van der Waals surface area contributed by atoms with Gasteiger partial charge in [0.05, 0.1) is 30.2 Å². The number of methoxy groups -OCH3 is 1. The number of nitrogens with one attached hydrogen (secondary N) is 2. The van der Waals surface area contributed by atoms with Crippen LogP contribution in [0.5, 0.6) is 0 Å². The molecule has 0 saturated carbocycles. The first-order valence-electron chi connectivity index (χ1n) is 11.1. The van der Waals surface area contributed by atoms with E-state index in [9.17, 15) is 19.6 Å². The van der Waals surface area contributed by atoms with Crippen molar-refractivity contribution in [1.29, 1.82) is 5.26 Å². The van der Waals surface area contributed by atoms with Gasteiger partial charge < -0.3 is 20.1 Å². The third-order valence-corrected chi connectivity index (χ3v) is 5.37. The number of hydrogen-bond donors (Lipinski definition) is 2. The third-order valence-electron chi connectivity index (χ3n) is 5.37. The fourth-order valence-electron chi connectivity index (χ4n) is 3.88. The number of dihydropyridines is 1. The lowest BCUT2D eigenvalue weighted by molar-refractivity contribution is -0.159. The average Bonchev–Trinajstić information content (AvgIpc) is 2.74. The van der Waals surface area contributed by atoms with Crippen LogP contribution in [0, 0.1) is 17.2 Å². The van der Waals surface area contributed by atoms with Crippen molar-refractivity contribution in [3.8, 4) is 6.07 Å². The van der Waals surface area contributed by atoms with Crippen LogP contribution in [0.15, 0.2) is 46.8 Å². The summed E-state index contributed by atoms with van der Waals surface area (Å²) >= 11 is 0. The Kier molecular flexibility index (Phi) is 8.27. The summed E-state index contributed by atoms with van der Waals surface area (Å²) in [4.78, 5) is 39.2. The fraction of sp³-hybridized carbons (Fsp3) is 0.462. The number of rotatable bonds is 6. The quantitative estimate of drug-likeness (QED) is 0.615. The smallest absolute Gasteiger partial charge is 0.336 e. The molecule has 1 aromatic rings. The lowest BCUT2D eigenvalue weighted by atomic mass is 9.79. The van der Waals surface area contributed by atoms with E-state index < -0.39 is 35.4 Å². The van der Waals surface area contributed by atoms with Gasteiger partial charge in [0.2, 0.25) is 0 Å². The van der Waals surface area contributed by atoms with E-state index in [1.807, 2.05) is 13.8 Å². The van der Waals surface area contributed by atoms with Gasteiger partial charge in [-0.2, -0.15) is 5.26 Å². The number of benzene rings is 1. The van der Waals surface area contributed by atoms with Gasteiger partial charge in [0.15, 0.2) is 0 Å². The summed E-state index contributed by atoms with van der Waals surface area (Å²) in [7, 11) is 1.27. The first kappa shape index (κ1) is 26.7. The first-order valence-corrected chi connectivity index (χ1v) is 11.1. The topological polar surface area (TPSA) is 118 Å². The van der Waals surface area contributed by atoms with Crippen LogP contribution >= 0.6 is 0 Å². The molecule has 0 bridgehead atoms. The maximum absolute atomic E-state index is 13.6. The van der Waals surface area contributed by atoms with Crippen LogP contribution in [-0.2, 0) is 23.9 Å². The Hall–Kier alpha value is -3.60. The van der Waals surface area contributed by atoms with Crippen molar-refractivity contribution >= 4 is 17.8 Å². The molecule has 8 heteroatoms. The molecule has 1 heterocycles. The zero-order valence-corrected chi connectivity index (χ0v) is 21.0. The van der Waals surface area contributed by atoms with Gasteiger partial charge >= 0.3 is 11.9 Å². The molecule has 1 aromatic carbocycles. The molecule has 0 fully saturated rings. The standard InChI is InChI=1S/C26H33N3O5/c1-14(2)22(25(32)34-26(5,6)7)29-23(30)19-15(3)28-16(4)20(24(31)33-8)21(19)18-11-9-10-17(12-18)13-27/h9-12,14,21-22,28H,1-8H3,(H,29,30)/t21?,22-/m0/s1. The Morgan fingerprint density at radius 2 is 1.74 bits per heavy atom. The highest BCUT2D eigenvalue weighted by atomic mass is 16.6. The van der Waals surface area contributed by atoms with Gasteiger partial charge in [-0.05, 0) is 58.2 Å². The summed E-state index contributed by atoms with van der Waals surface area (Å²) in [6.07, 6.45) is 0. The average molecular weight is 468 g/mol. The van der Waals surface area contributed by atoms with Crippen molar-refractivity contribution in [2.75, 3.05) is 7.11 Å². The summed E-state index contributed by atoms with van der Waals surface area (Å²) in [6, 6.07) is 7.93. The van der Waals surface area contributed by atoms with Crippen LogP contribution in [0.25, 0.3) is 0 Å². The van der Waals surface area contributed by atoms with E-state index in [1.165, 1.54) is 7.11 Å². The van der Waals surface area contributed by atoms with E-state index >= 15 is 0 Å². The number of amides is 1. The van der Waals surface area contributed by atoms with Gasteiger partial charge in [0.1, 0.15) is 11.6 Å². The van der Waals surface area contributed by atoms with Crippen LogP contribution in [-0.4, -0.2) is 36.6 Å². The van der Waals surface area contributed by atoms with Gasteiger partial charge in [0.25, 0.3) is 5.91 Å². The van der Waals surface area contributed by atoms with Crippen LogP contribution in [0.2, 0.25) is 0 Å². The summed E-state index contributed by atoms with van der Waals surface area (Å²) in [5, 5.41) is 15.3. The van der Waals surface area contributed by atoms with E-state index in [0.29, 0.717) is 22.5 Å². The molecule has 2 N–H and O–H groups in total. The van der Waals surface area contributed by atoms with Gasteiger partial charge in [-0.15, -0.1) is 0 Å². The van der Waals surface area contributed by atoms with E-state index in [2.05, 4.69) is 16.7 Å². The SMILES string of the molecule is COC(=O)C1=C(C)NC(C)=C(C(=O)N[C@H](C(=O)OC(C)(C)C)C(C)C)C1c1cccc(C#N)c1. The zero-order chi connectivity index (χ0) is 25.8. The van der Waals surface area contributed by atoms with Crippen molar-refractivity contribution in [3.05, 3.63) is 57.9 Å².